The van der Waals surface area contributed by atoms with Gasteiger partial charge < -0.3 is 10.1 Å². The lowest BCUT2D eigenvalue weighted by Crippen LogP contribution is -2.16. The average molecular weight is 253 g/mol. The van der Waals surface area contributed by atoms with Crippen LogP contribution >= 0.6 is 0 Å². The summed E-state index contributed by atoms with van der Waals surface area (Å²) >= 11 is 0. The summed E-state index contributed by atoms with van der Waals surface area (Å²) in [5, 5.41) is 6.74. The van der Waals surface area contributed by atoms with Crippen molar-refractivity contribution < 1.29 is 14.3 Å². The fourth-order valence-electron chi connectivity index (χ4n) is 1.52. The van der Waals surface area contributed by atoms with E-state index in [1.807, 2.05) is 0 Å². The van der Waals surface area contributed by atoms with Crippen LogP contribution in [0.1, 0.15) is 44.0 Å². The molecule has 0 aliphatic rings. The fraction of sp³-hybridized carbons (Fsp3) is 0.583. The highest BCUT2D eigenvalue weighted by Crippen LogP contribution is 2.17. The second-order valence-corrected chi connectivity index (χ2v) is 3.89. The van der Waals surface area contributed by atoms with Gasteiger partial charge >= 0.3 is 5.97 Å². The molecule has 0 saturated carbocycles. The minimum atomic E-state index is -0.469. The number of hydrogen-bond donors (Lipinski definition) is 1. The van der Waals surface area contributed by atoms with E-state index in [9.17, 15) is 9.59 Å². The number of carbonyl (C=O) groups is 2. The number of amides is 1. The zero-order chi connectivity index (χ0) is 13.5. The van der Waals surface area contributed by atoms with E-state index < -0.39 is 5.97 Å². The van der Waals surface area contributed by atoms with Crippen molar-refractivity contribution in [1.29, 1.82) is 0 Å². The topological polar surface area (TPSA) is 73.2 Å². The number of nitrogens with zero attached hydrogens (tertiary/aromatic N) is 2. The summed E-state index contributed by atoms with van der Waals surface area (Å²) in [6.45, 7) is 6.14. The molecule has 0 bridgehead atoms. The van der Waals surface area contributed by atoms with Crippen molar-refractivity contribution in [3.63, 3.8) is 0 Å². The van der Waals surface area contributed by atoms with Gasteiger partial charge in [0, 0.05) is 13.5 Å². The zero-order valence-electron chi connectivity index (χ0n) is 11.0. The molecule has 6 heteroatoms. The maximum atomic E-state index is 11.7. The molecule has 1 aromatic rings. The smallest absolute Gasteiger partial charge is 0.343 e. The van der Waals surface area contributed by atoms with Crippen LogP contribution < -0.4 is 5.32 Å². The molecule has 0 radical (unpaired) electrons. The number of ether oxygens (including phenoxy) is 1. The van der Waals surface area contributed by atoms with Crippen LogP contribution in [0.2, 0.25) is 0 Å². The molecule has 18 heavy (non-hydrogen) atoms. The summed E-state index contributed by atoms with van der Waals surface area (Å²) < 4.78 is 6.55. The molecule has 0 fully saturated rings. The third kappa shape index (κ3) is 3.58. The van der Waals surface area contributed by atoms with E-state index in [-0.39, 0.29) is 5.91 Å². The maximum absolute atomic E-state index is 11.7. The van der Waals surface area contributed by atoms with E-state index in [4.69, 9.17) is 4.74 Å². The summed E-state index contributed by atoms with van der Waals surface area (Å²) in [6, 6.07) is 0. The molecular formula is C12H19N3O3. The first kappa shape index (κ1) is 14.2. The van der Waals surface area contributed by atoms with E-state index in [0.29, 0.717) is 24.5 Å². The third-order valence-electron chi connectivity index (χ3n) is 2.35. The highest BCUT2D eigenvalue weighted by molar-refractivity contribution is 5.99. The summed E-state index contributed by atoms with van der Waals surface area (Å²) in [7, 11) is 0. The Balaban J connectivity index is 2.98. The van der Waals surface area contributed by atoms with Gasteiger partial charge in [-0.1, -0.05) is 13.3 Å². The molecule has 0 aliphatic carbocycles. The van der Waals surface area contributed by atoms with Gasteiger partial charge in [0.1, 0.15) is 11.4 Å². The molecule has 100 valence electrons. The molecule has 0 atom stereocenters. The lowest BCUT2D eigenvalue weighted by molar-refractivity contribution is -0.114. The normalized spacial score (nSPS) is 10.2. The number of unbranched alkanes of at least 4 members (excludes halogenated alkanes) is 1. The van der Waals surface area contributed by atoms with Crippen LogP contribution in [0, 0.1) is 0 Å². The van der Waals surface area contributed by atoms with Gasteiger partial charge in [0.25, 0.3) is 0 Å². The third-order valence-corrected chi connectivity index (χ3v) is 2.35. The van der Waals surface area contributed by atoms with Crippen LogP contribution in [0.4, 0.5) is 5.82 Å². The van der Waals surface area contributed by atoms with Gasteiger partial charge in [0.05, 0.1) is 12.8 Å². The highest BCUT2D eigenvalue weighted by atomic mass is 16.5. The van der Waals surface area contributed by atoms with E-state index in [0.717, 1.165) is 12.8 Å². The van der Waals surface area contributed by atoms with Crippen molar-refractivity contribution in [2.45, 2.75) is 40.2 Å². The summed E-state index contributed by atoms with van der Waals surface area (Å²) in [4.78, 5) is 22.9. The number of hydrogen-bond acceptors (Lipinski definition) is 4. The Morgan fingerprint density at radius 1 is 1.44 bits per heavy atom. The Bertz CT molecular complexity index is 426. The number of rotatable bonds is 6. The van der Waals surface area contributed by atoms with Gasteiger partial charge in [0.15, 0.2) is 0 Å². The van der Waals surface area contributed by atoms with Crippen molar-refractivity contribution in [3.8, 4) is 0 Å². The lowest BCUT2D eigenvalue weighted by Gasteiger charge is -2.09. The standard InChI is InChI=1S/C12H19N3O3/c1-4-6-7-15-11(14-9(3)16)10(8-13-15)12(17)18-5-2/h8H,4-7H2,1-3H3,(H,14,16). The highest BCUT2D eigenvalue weighted by Gasteiger charge is 2.19. The van der Waals surface area contributed by atoms with Gasteiger partial charge in [-0.3, -0.25) is 4.79 Å². The Kier molecular flexibility index (Phi) is 5.35. The van der Waals surface area contributed by atoms with Crippen LogP contribution in [0.25, 0.3) is 0 Å². The van der Waals surface area contributed by atoms with Gasteiger partial charge in [-0.15, -0.1) is 0 Å². The predicted molar refractivity (Wildman–Crippen MR) is 67.4 cm³/mol. The summed E-state index contributed by atoms with van der Waals surface area (Å²) in [5.41, 5.74) is 0.295. The van der Waals surface area contributed by atoms with Crippen LogP contribution in [0.3, 0.4) is 0 Å². The molecule has 0 unspecified atom stereocenters. The largest absolute Gasteiger partial charge is 0.462 e. The van der Waals surface area contributed by atoms with Crippen LogP contribution in [-0.4, -0.2) is 28.3 Å². The first-order valence-electron chi connectivity index (χ1n) is 6.10. The minimum Gasteiger partial charge on any atom is -0.462 e. The fourth-order valence-corrected chi connectivity index (χ4v) is 1.52. The molecule has 1 rings (SSSR count). The van der Waals surface area contributed by atoms with Crippen molar-refractivity contribution in [2.24, 2.45) is 0 Å². The van der Waals surface area contributed by atoms with E-state index in [2.05, 4.69) is 17.3 Å². The lowest BCUT2D eigenvalue weighted by atomic mass is 10.3. The van der Waals surface area contributed by atoms with Crippen molar-refractivity contribution in [2.75, 3.05) is 11.9 Å². The number of nitrogens with one attached hydrogen (secondary N) is 1. The average Bonchev–Trinajstić information content (AvgIpc) is 2.69. The van der Waals surface area contributed by atoms with E-state index in [1.165, 1.54) is 13.1 Å². The molecule has 0 aromatic carbocycles. The molecule has 0 aliphatic heterocycles. The molecule has 0 spiro atoms. The van der Waals surface area contributed by atoms with Gasteiger partial charge in [-0.2, -0.15) is 5.10 Å². The number of anilines is 1. The molecule has 1 heterocycles. The van der Waals surface area contributed by atoms with Crippen LogP contribution in [0.5, 0.6) is 0 Å². The molecule has 6 nitrogen and oxygen atoms in total. The number of carbonyl (C=O) groups excluding carboxylic acids is 2. The number of aryl methyl sites for hydroxylation is 1. The second kappa shape index (κ2) is 6.78. The first-order valence-corrected chi connectivity index (χ1v) is 6.10. The Morgan fingerprint density at radius 2 is 2.17 bits per heavy atom. The number of esters is 1. The SMILES string of the molecule is CCCCn1ncc(C(=O)OCC)c1NC(C)=O. The Morgan fingerprint density at radius 3 is 2.72 bits per heavy atom. The van der Waals surface area contributed by atoms with E-state index in [1.54, 1.807) is 11.6 Å². The molecule has 0 saturated heterocycles. The van der Waals surface area contributed by atoms with Crippen molar-refractivity contribution >= 4 is 17.7 Å². The maximum Gasteiger partial charge on any atom is 0.343 e. The molecular weight excluding hydrogens is 234 g/mol. The molecule has 1 amide bonds. The van der Waals surface area contributed by atoms with Crippen LogP contribution in [-0.2, 0) is 16.1 Å². The van der Waals surface area contributed by atoms with Crippen molar-refractivity contribution in [3.05, 3.63) is 11.8 Å². The monoisotopic (exact) mass is 253 g/mol. The quantitative estimate of drug-likeness (QED) is 0.785. The molecule has 1 aromatic heterocycles. The van der Waals surface area contributed by atoms with Gasteiger partial charge in [-0.05, 0) is 13.3 Å². The van der Waals surface area contributed by atoms with Gasteiger partial charge in [0.2, 0.25) is 5.91 Å². The zero-order valence-corrected chi connectivity index (χ0v) is 11.0. The minimum absolute atomic E-state index is 0.237. The number of aromatic nitrogens is 2. The van der Waals surface area contributed by atoms with Gasteiger partial charge in [-0.25, -0.2) is 9.48 Å². The Hall–Kier alpha value is -1.85. The predicted octanol–water partition coefficient (Wildman–Crippen LogP) is 1.82. The Labute approximate surface area is 106 Å². The first-order chi connectivity index (χ1) is 8.60. The summed E-state index contributed by atoms with van der Waals surface area (Å²) in [6.07, 6.45) is 3.36. The van der Waals surface area contributed by atoms with E-state index >= 15 is 0 Å². The van der Waals surface area contributed by atoms with Crippen molar-refractivity contribution in [1.82, 2.24) is 9.78 Å². The summed E-state index contributed by atoms with van der Waals surface area (Å²) in [5.74, 6) is -0.294. The second-order valence-electron chi connectivity index (χ2n) is 3.89. The van der Waals surface area contributed by atoms with Crippen LogP contribution in [0.15, 0.2) is 6.20 Å². The molecule has 1 N–H and O–H groups in total.